The molecule has 0 heterocycles. The molecule has 0 aliphatic rings. The van der Waals surface area contributed by atoms with Crippen LogP contribution in [0.4, 0.5) is 5.69 Å². The molecule has 0 unspecified atom stereocenters. The van der Waals surface area contributed by atoms with Crippen molar-refractivity contribution in [1.29, 1.82) is 0 Å². The molecule has 0 aliphatic heterocycles. The van der Waals surface area contributed by atoms with Crippen molar-refractivity contribution in [2.75, 3.05) is 10.6 Å². The maximum Gasteiger partial charge on any atom is 0.305 e. The van der Waals surface area contributed by atoms with E-state index >= 15 is 0 Å². The van der Waals surface area contributed by atoms with Crippen LogP contribution in [-0.2, 0) is 19.9 Å². The quantitative estimate of drug-likeness (QED) is 0.519. The van der Waals surface area contributed by atoms with Crippen LogP contribution in [0.5, 0.6) is 0 Å². The largest absolute Gasteiger partial charge is 0.305 e. The zero-order valence-corrected chi connectivity index (χ0v) is 17.0. The van der Waals surface area contributed by atoms with Gasteiger partial charge in [0.1, 0.15) is 0 Å². The minimum Gasteiger partial charge on any atom is -0.278 e. The van der Waals surface area contributed by atoms with E-state index in [9.17, 15) is 26.9 Å². The smallest absolute Gasteiger partial charge is 0.278 e. The molecule has 8 nitrogen and oxygen atoms in total. The number of nitrogens with zero attached hydrogens (tertiary/aromatic N) is 1. The van der Waals surface area contributed by atoms with Crippen LogP contribution in [0.2, 0.25) is 0 Å². The highest BCUT2D eigenvalue weighted by Crippen LogP contribution is 2.35. The maximum atomic E-state index is 12.5. The highest BCUT2D eigenvalue weighted by atomic mass is 79.9. The van der Waals surface area contributed by atoms with Gasteiger partial charge in [-0.25, -0.2) is 16.8 Å². The Bertz CT molecular complexity index is 1070. The van der Waals surface area contributed by atoms with Gasteiger partial charge in [-0.1, -0.05) is 18.2 Å². The summed E-state index contributed by atoms with van der Waals surface area (Å²) in [7, 11) is -8.04. The number of anilines is 1. The number of hydrogen-bond acceptors (Lipinski definition) is 6. The van der Waals surface area contributed by atoms with E-state index in [1.54, 1.807) is 18.2 Å². The lowest BCUT2D eigenvalue weighted by atomic mass is 10.1. The minimum absolute atomic E-state index is 0.0484. The molecule has 0 atom stereocenters. The highest BCUT2D eigenvalue weighted by Gasteiger charge is 2.28. The van der Waals surface area contributed by atoms with E-state index in [4.69, 9.17) is 0 Å². The van der Waals surface area contributed by atoms with Crippen molar-refractivity contribution in [3.05, 3.63) is 62.1 Å². The van der Waals surface area contributed by atoms with E-state index in [-0.39, 0.29) is 31.1 Å². The molecule has 0 fully saturated rings. The van der Waals surface area contributed by atoms with Gasteiger partial charge >= 0.3 is 5.88 Å². The fourth-order valence-corrected chi connectivity index (χ4v) is 5.79. The number of nitrogens with one attached hydrogen (secondary N) is 1. The van der Waals surface area contributed by atoms with Crippen LogP contribution < -0.4 is 4.72 Å². The average Bonchev–Trinajstić information content (AvgIpc) is 2.51. The summed E-state index contributed by atoms with van der Waals surface area (Å²) in [5.74, 6) is -1.24. The molecule has 26 heavy (non-hydrogen) atoms. The Morgan fingerprint density at radius 2 is 1.69 bits per heavy atom. The molecule has 0 saturated carbocycles. The maximum absolute atomic E-state index is 12.5. The first-order valence-electron chi connectivity index (χ1n) is 7.18. The van der Waals surface area contributed by atoms with Crippen LogP contribution in [-0.4, -0.2) is 27.6 Å². The zero-order chi connectivity index (χ0) is 19.7. The fourth-order valence-electron chi connectivity index (χ4n) is 2.50. The zero-order valence-electron chi connectivity index (χ0n) is 13.8. The van der Waals surface area contributed by atoms with Crippen molar-refractivity contribution in [2.45, 2.75) is 23.6 Å². The number of aryl methyl sites for hydroxylation is 1. The SMILES string of the molecule is Cc1cc(NS(=O)(=O)c2ccccc2)c(Br)c(C)c1S(=O)(=O)C[N+](=O)[O-]. The van der Waals surface area contributed by atoms with Gasteiger partial charge in [0.05, 0.1) is 15.5 Å². The van der Waals surface area contributed by atoms with Gasteiger partial charge in [-0.15, -0.1) is 0 Å². The number of sulfone groups is 1. The Morgan fingerprint density at radius 1 is 1.12 bits per heavy atom. The fraction of sp³-hybridized carbons (Fsp3) is 0.200. The van der Waals surface area contributed by atoms with Gasteiger partial charge in [0.25, 0.3) is 10.0 Å². The van der Waals surface area contributed by atoms with Gasteiger partial charge in [0.2, 0.25) is 9.84 Å². The van der Waals surface area contributed by atoms with E-state index in [1.165, 1.54) is 32.0 Å². The van der Waals surface area contributed by atoms with Crippen molar-refractivity contribution in [2.24, 2.45) is 0 Å². The summed E-state index contributed by atoms with van der Waals surface area (Å²) >= 11 is 3.19. The second kappa shape index (κ2) is 7.33. The van der Waals surface area contributed by atoms with Crippen molar-refractivity contribution < 1.29 is 21.8 Å². The molecule has 0 spiro atoms. The molecule has 140 valence electrons. The Labute approximate surface area is 159 Å². The third-order valence-electron chi connectivity index (χ3n) is 3.51. The number of benzene rings is 2. The van der Waals surface area contributed by atoms with Crippen LogP contribution in [0.1, 0.15) is 11.1 Å². The van der Waals surface area contributed by atoms with Gasteiger partial charge in [-0.05, 0) is 59.1 Å². The molecule has 2 aromatic rings. The number of nitro groups is 1. The third-order valence-corrected chi connectivity index (χ3v) is 7.71. The van der Waals surface area contributed by atoms with Gasteiger partial charge in [0, 0.05) is 9.40 Å². The van der Waals surface area contributed by atoms with Crippen LogP contribution in [0.15, 0.2) is 50.7 Å². The predicted octanol–water partition coefficient (Wildman–Crippen LogP) is 2.87. The lowest BCUT2D eigenvalue weighted by Gasteiger charge is -2.16. The van der Waals surface area contributed by atoms with Crippen LogP contribution in [0.3, 0.4) is 0 Å². The van der Waals surface area contributed by atoms with Gasteiger partial charge in [0.15, 0.2) is 0 Å². The Balaban J connectivity index is 2.53. The molecule has 0 aromatic heterocycles. The van der Waals surface area contributed by atoms with Crippen molar-refractivity contribution >= 4 is 41.5 Å². The molecule has 1 N–H and O–H groups in total. The van der Waals surface area contributed by atoms with E-state index in [1.807, 2.05) is 0 Å². The van der Waals surface area contributed by atoms with E-state index in [2.05, 4.69) is 20.7 Å². The summed E-state index contributed by atoms with van der Waals surface area (Å²) in [5, 5.41) is 10.6. The average molecular weight is 463 g/mol. The van der Waals surface area contributed by atoms with E-state index in [0.29, 0.717) is 0 Å². The first-order valence-corrected chi connectivity index (χ1v) is 11.1. The molecule has 11 heteroatoms. The normalized spacial score (nSPS) is 12.0. The number of halogens is 1. The molecule has 0 aliphatic carbocycles. The number of sulfonamides is 1. The highest BCUT2D eigenvalue weighted by molar-refractivity contribution is 9.10. The van der Waals surface area contributed by atoms with E-state index in [0.717, 1.165) is 0 Å². The Hall–Kier alpha value is -1.98. The number of hydrogen-bond donors (Lipinski definition) is 1. The lowest BCUT2D eigenvalue weighted by molar-refractivity contribution is -0.458. The van der Waals surface area contributed by atoms with Gasteiger partial charge in [-0.3, -0.25) is 14.8 Å². The molecule has 0 amide bonds. The number of rotatable bonds is 6. The molecular formula is C15H15BrN2O6S2. The van der Waals surface area contributed by atoms with Gasteiger partial charge in [-0.2, -0.15) is 0 Å². The molecule has 0 radical (unpaired) electrons. The first-order chi connectivity index (χ1) is 12.0. The monoisotopic (exact) mass is 462 g/mol. The summed E-state index contributed by atoms with van der Waals surface area (Å²) in [6.45, 7) is 2.90. The summed E-state index contributed by atoms with van der Waals surface area (Å²) in [6, 6.07) is 9.00. The second-order valence-electron chi connectivity index (χ2n) is 5.50. The van der Waals surface area contributed by atoms with Crippen molar-refractivity contribution in [3.63, 3.8) is 0 Å². The lowest BCUT2D eigenvalue weighted by Crippen LogP contribution is -2.18. The topological polar surface area (TPSA) is 123 Å². The second-order valence-corrected chi connectivity index (χ2v) is 9.88. The molecule has 0 saturated heterocycles. The van der Waals surface area contributed by atoms with Crippen LogP contribution >= 0.6 is 15.9 Å². The van der Waals surface area contributed by atoms with Crippen molar-refractivity contribution in [1.82, 2.24) is 0 Å². The molecular weight excluding hydrogens is 448 g/mol. The third kappa shape index (κ3) is 4.22. The predicted molar refractivity (Wildman–Crippen MR) is 99.9 cm³/mol. The summed E-state index contributed by atoms with van der Waals surface area (Å²) in [6.07, 6.45) is 0. The van der Waals surface area contributed by atoms with E-state index < -0.39 is 30.7 Å². The van der Waals surface area contributed by atoms with Crippen LogP contribution in [0.25, 0.3) is 0 Å². The summed E-state index contributed by atoms with van der Waals surface area (Å²) in [4.78, 5) is 9.57. The molecule has 0 bridgehead atoms. The Morgan fingerprint density at radius 3 is 2.23 bits per heavy atom. The first kappa shape index (κ1) is 20.3. The van der Waals surface area contributed by atoms with Crippen molar-refractivity contribution in [3.8, 4) is 0 Å². The summed E-state index contributed by atoms with van der Waals surface area (Å²) in [5.41, 5.74) is 0.542. The molecule has 2 rings (SSSR count). The standard InChI is InChI=1S/C15H15BrN2O6S2/c1-10-8-13(17-26(23,24)12-6-4-3-5-7-12)14(16)11(2)15(10)25(21,22)9-18(19)20/h3-8,17H,9H2,1-2H3. The molecule has 2 aromatic carbocycles. The Kier molecular flexibility index (Phi) is 5.73. The van der Waals surface area contributed by atoms with Gasteiger partial charge < -0.3 is 0 Å². The minimum atomic E-state index is -4.16. The summed E-state index contributed by atoms with van der Waals surface area (Å²) < 4.78 is 52.0. The van der Waals surface area contributed by atoms with Crippen LogP contribution in [0, 0.1) is 24.0 Å².